The molecular weight excluding hydrogens is 334 g/mol. The number of benzene rings is 1. The van der Waals surface area contributed by atoms with Crippen LogP contribution in [0.25, 0.3) is 0 Å². The van der Waals surface area contributed by atoms with Gasteiger partial charge >= 0.3 is 5.97 Å². The minimum absolute atomic E-state index is 0.194. The van der Waals surface area contributed by atoms with Crippen LogP contribution in [0.5, 0.6) is 5.75 Å². The van der Waals surface area contributed by atoms with Crippen LogP contribution >= 0.6 is 23.5 Å². The Bertz CT molecular complexity index is 533. The van der Waals surface area contributed by atoms with Gasteiger partial charge < -0.3 is 14.8 Å². The van der Waals surface area contributed by atoms with Crippen molar-refractivity contribution in [1.82, 2.24) is 5.32 Å². The molecule has 0 spiro atoms. The van der Waals surface area contributed by atoms with E-state index in [1.165, 1.54) is 0 Å². The molecule has 23 heavy (non-hydrogen) atoms. The predicted molar refractivity (Wildman–Crippen MR) is 93.9 cm³/mol. The molecule has 1 N–H and O–H groups in total. The average molecular weight is 355 g/mol. The summed E-state index contributed by atoms with van der Waals surface area (Å²) in [7, 11) is 0. The quantitative estimate of drug-likeness (QED) is 0.723. The third-order valence-corrected chi connectivity index (χ3v) is 6.14. The Morgan fingerprint density at radius 3 is 2.70 bits per heavy atom. The Hall–Kier alpha value is -1.34. The van der Waals surface area contributed by atoms with E-state index in [9.17, 15) is 9.59 Å². The molecule has 1 aromatic carbocycles. The van der Waals surface area contributed by atoms with Crippen LogP contribution in [0, 0.1) is 0 Å². The monoisotopic (exact) mass is 355 g/mol. The standard InChI is InChI=1S/C16H21NO4S2/c1-2-7-17-14(18)10-21-15(19)11-20-13-6-4-3-5-12(13)16-22-8-9-23-16/h3-6,16H,2,7-11H2,1H3,(H,17,18). The predicted octanol–water partition coefficient (Wildman–Crippen LogP) is 2.61. The van der Waals surface area contributed by atoms with Gasteiger partial charge in [0.15, 0.2) is 13.2 Å². The SMILES string of the molecule is CCCNC(=O)COC(=O)COc1ccccc1C1SCCS1. The first-order valence-electron chi connectivity index (χ1n) is 7.58. The minimum Gasteiger partial charge on any atom is -0.482 e. The summed E-state index contributed by atoms with van der Waals surface area (Å²) in [5.74, 6) is 2.11. The Kier molecular flexibility index (Phi) is 7.61. The molecule has 0 radical (unpaired) electrons. The summed E-state index contributed by atoms with van der Waals surface area (Å²) >= 11 is 3.76. The van der Waals surface area contributed by atoms with Crippen LogP contribution in [-0.4, -0.2) is 43.1 Å². The van der Waals surface area contributed by atoms with Crippen molar-refractivity contribution in [2.45, 2.75) is 17.9 Å². The van der Waals surface area contributed by atoms with Crippen molar-refractivity contribution in [2.75, 3.05) is 31.3 Å². The lowest BCUT2D eigenvalue weighted by Gasteiger charge is -2.14. The number of para-hydroxylation sites is 1. The van der Waals surface area contributed by atoms with Crippen LogP contribution in [0.4, 0.5) is 0 Å². The van der Waals surface area contributed by atoms with E-state index in [0.29, 0.717) is 16.9 Å². The van der Waals surface area contributed by atoms with Gasteiger partial charge in [-0.05, 0) is 12.5 Å². The molecule has 1 aliphatic heterocycles. The summed E-state index contributed by atoms with van der Waals surface area (Å²) in [5.41, 5.74) is 1.09. The van der Waals surface area contributed by atoms with E-state index in [1.807, 2.05) is 54.7 Å². The highest BCUT2D eigenvalue weighted by Gasteiger charge is 2.22. The average Bonchev–Trinajstić information content (AvgIpc) is 3.11. The van der Waals surface area contributed by atoms with Crippen molar-refractivity contribution >= 4 is 35.4 Å². The third-order valence-electron chi connectivity index (χ3n) is 3.08. The molecule has 1 aliphatic rings. The molecule has 0 saturated carbocycles. The maximum Gasteiger partial charge on any atom is 0.344 e. The van der Waals surface area contributed by atoms with Crippen molar-refractivity contribution in [3.8, 4) is 5.75 Å². The van der Waals surface area contributed by atoms with Gasteiger partial charge in [0.2, 0.25) is 0 Å². The maximum absolute atomic E-state index is 11.7. The van der Waals surface area contributed by atoms with Gasteiger partial charge in [-0.1, -0.05) is 25.1 Å². The first kappa shape index (κ1) is 18.0. The van der Waals surface area contributed by atoms with Crippen molar-refractivity contribution in [3.63, 3.8) is 0 Å². The normalized spacial score (nSPS) is 14.5. The third kappa shape index (κ3) is 5.99. The van der Waals surface area contributed by atoms with Crippen LogP contribution in [-0.2, 0) is 14.3 Å². The van der Waals surface area contributed by atoms with E-state index in [2.05, 4.69) is 5.32 Å². The highest BCUT2D eigenvalue weighted by molar-refractivity contribution is 8.19. The summed E-state index contributed by atoms with van der Waals surface area (Å²) in [6, 6.07) is 7.73. The number of amides is 1. The smallest absolute Gasteiger partial charge is 0.344 e. The highest BCUT2D eigenvalue weighted by atomic mass is 32.2. The summed E-state index contributed by atoms with van der Waals surface area (Å²) in [6.45, 7) is 2.08. The van der Waals surface area contributed by atoms with Gasteiger partial charge in [0, 0.05) is 23.6 Å². The number of nitrogens with one attached hydrogen (secondary N) is 1. The number of hydrogen-bond acceptors (Lipinski definition) is 6. The molecule has 1 aromatic rings. The summed E-state index contributed by atoms with van der Waals surface area (Å²) in [4.78, 5) is 23.1. The molecule has 1 amide bonds. The first-order valence-corrected chi connectivity index (χ1v) is 9.67. The van der Waals surface area contributed by atoms with E-state index in [1.54, 1.807) is 0 Å². The van der Waals surface area contributed by atoms with Crippen molar-refractivity contribution in [1.29, 1.82) is 0 Å². The molecule has 1 saturated heterocycles. The number of carbonyl (C=O) groups is 2. The number of ether oxygens (including phenoxy) is 2. The molecule has 1 heterocycles. The fraction of sp³-hybridized carbons (Fsp3) is 0.500. The zero-order chi connectivity index (χ0) is 16.5. The van der Waals surface area contributed by atoms with Crippen LogP contribution in [0.2, 0.25) is 0 Å². The van der Waals surface area contributed by atoms with E-state index in [-0.39, 0.29) is 19.1 Å². The summed E-state index contributed by atoms with van der Waals surface area (Å²) in [5, 5.41) is 2.65. The molecule has 0 bridgehead atoms. The van der Waals surface area contributed by atoms with Gasteiger partial charge in [0.1, 0.15) is 5.75 Å². The molecule has 2 rings (SSSR count). The maximum atomic E-state index is 11.7. The molecule has 7 heteroatoms. The van der Waals surface area contributed by atoms with Gasteiger partial charge in [-0.2, -0.15) is 0 Å². The van der Waals surface area contributed by atoms with Crippen LogP contribution in [0.3, 0.4) is 0 Å². The number of hydrogen-bond donors (Lipinski definition) is 1. The number of carbonyl (C=O) groups excluding carboxylic acids is 2. The zero-order valence-corrected chi connectivity index (χ0v) is 14.7. The topological polar surface area (TPSA) is 64.6 Å². The second-order valence-electron chi connectivity index (χ2n) is 4.91. The van der Waals surface area contributed by atoms with Crippen molar-refractivity contribution < 1.29 is 19.1 Å². The molecule has 0 unspecified atom stereocenters. The largest absolute Gasteiger partial charge is 0.482 e. The molecule has 1 fully saturated rings. The highest BCUT2D eigenvalue weighted by Crippen LogP contribution is 2.48. The van der Waals surface area contributed by atoms with Gasteiger partial charge in [-0.3, -0.25) is 4.79 Å². The lowest BCUT2D eigenvalue weighted by molar-refractivity contribution is -0.150. The Balaban J connectivity index is 1.79. The van der Waals surface area contributed by atoms with Crippen LogP contribution in [0.1, 0.15) is 23.5 Å². The fourth-order valence-electron chi connectivity index (χ4n) is 1.98. The lowest BCUT2D eigenvalue weighted by atomic mass is 10.2. The Morgan fingerprint density at radius 1 is 1.22 bits per heavy atom. The van der Waals surface area contributed by atoms with Crippen molar-refractivity contribution in [2.24, 2.45) is 0 Å². The van der Waals surface area contributed by atoms with Gasteiger partial charge in [0.05, 0.1) is 4.58 Å². The van der Waals surface area contributed by atoms with Gasteiger partial charge in [-0.15, -0.1) is 23.5 Å². The van der Waals surface area contributed by atoms with E-state index in [4.69, 9.17) is 9.47 Å². The summed E-state index contributed by atoms with van der Waals surface area (Å²) in [6.07, 6.45) is 0.844. The number of rotatable bonds is 8. The van der Waals surface area contributed by atoms with E-state index >= 15 is 0 Å². The second-order valence-corrected chi connectivity index (χ2v) is 7.64. The Morgan fingerprint density at radius 2 is 1.96 bits per heavy atom. The molecule has 126 valence electrons. The minimum atomic E-state index is -0.543. The fourth-order valence-corrected chi connectivity index (χ4v) is 4.89. The molecule has 0 aromatic heterocycles. The van der Waals surface area contributed by atoms with Crippen LogP contribution < -0.4 is 10.1 Å². The summed E-state index contributed by atoms with van der Waals surface area (Å²) < 4.78 is 10.8. The Labute approximate surface area is 144 Å². The van der Waals surface area contributed by atoms with Crippen molar-refractivity contribution in [3.05, 3.63) is 29.8 Å². The van der Waals surface area contributed by atoms with E-state index < -0.39 is 5.97 Å². The number of thioether (sulfide) groups is 2. The first-order chi connectivity index (χ1) is 11.2. The second kappa shape index (κ2) is 9.72. The molecule has 5 nitrogen and oxygen atoms in total. The number of esters is 1. The lowest BCUT2D eigenvalue weighted by Crippen LogP contribution is -2.30. The van der Waals surface area contributed by atoms with Gasteiger partial charge in [-0.25, -0.2) is 4.79 Å². The van der Waals surface area contributed by atoms with Gasteiger partial charge in [0.25, 0.3) is 5.91 Å². The zero-order valence-electron chi connectivity index (χ0n) is 13.1. The molecule has 0 aliphatic carbocycles. The molecule has 0 atom stereocenters. The molecular formula is C16H21NO4S2. The van der Waals surface area contributed by atoms with Crippen LogP contribution in [0.15, 0.2) is 24.3 Å². The van der Waals surface area contributed by atoms with E-state index in [0.717, 1.165) is 23.5 Å².